The summed E-state index contributed by atoms with van der Waals surface area (Å²) in [5, 5.41) is 8.76. The lowest BCUT2D eigenvalue weighted by molar-refractivity contribution is -0.141. The third-order valence-corrected chi connectivity index (χ3v) is 6.76. The SMILES string of the molecule is CC(C)OC(=O)N1CCC(c2[nH]n(-c3cc(C(F)(F)F)[nH]n3)c(=O)c2CCC2CCOCC2)CC1. The number of H-pyrrole nitrogens is 2. The molecule has 194 valence electrons. The maximum Gasteiger partial charge on any atom is 0.432 e. The highest BCUT2D eigenvalue weighted by Gasteiger charge is 2.34. The second-order valence-electron chi connectivity index (χ2n) is 9.57. The van der Waals surface area contributed by atoms with Gasteiger partial charge in [0.15, 0.2) is 5.82 Å². The van der Waals surface area contributed by atoms with E-state index in [1.165, 1.54) is 0 Å². The summed E-state index contributed by atoms with van der Waals surface area (Å²) < 4.78 is 51.0. The van der Waals surface area contributed by atoms with Crippen LogP contribution in [0.2, 0.25) is 0 Å². The first kappa shape index (κ1) is 25.3. The number of amides is 1. The number of piperidine rings is 1. The Labute approximate surface area is 200 Å². The van der Waals surface area contributed by atoms with Crippen molar-refractivity contribution in [2.24, 2.45) is 5.92 Å². The molecule has 0 radical (unpaired) electrons. The van der Waals surface area contributed by atoms with Gasteiger partial charge in [-0.15, -0.1) is 0 Å². The van der Waals surface area contributed by atoms with Crippen LogP contribution in [0.3, 0.4) is 0 Å². The number of likely N-dealkylation sites (tertiary alicyclic amines) is 1. The third-order valence-electron chi connectivity index (χ3n) is 6.76. The maximum absolute atomic E-state index is 13.3. The highest BCUT2D eigenvalue weighted by molar-refractivity contribution is 5.67. The van der Waals surface area contributed by atoms with Gasteiger partial charge in [0.2, 0.25) is 0 Å². The lowest BCUT2D eigenvalue weighted by Crippen LogP contribution is -2.39. The molecule has 0 aliphatic carbocycles. The Balaban J connectivity index is 1.57. The fraction of sp³-hybridized carbons (Fsp3) is 0.696. The fourth-order valence-corrected chi connectivity index (χ4v) is 4.81. The lowest BCUT2D eigenvalue weighted by Gasteiger charge is -2.31. The van der Waals surface area contributed by atoms with Gasteiger partial charge in [0.05, 0.1) is 6.10 Å². The van der Waals surface area contributed by atoms with Crippen molar-refractivity contribution < 1.29 is 27.4 Å². The van der Waals surface area contributed by atoms with E-state index in [1.54, 1.807) is 18.7 Å². The van der Waals surface area contributed by atoms with E-state index in [9.17, 15) is 22.8 Å². The highest BCUT2D eigenvalue weighted by Crippen LogP contribution is 2.32. The first-order valence-electron chi connectivity index (χ1n) is 12.1. The van der Waals surface area contributed by atoms with E-state index in [1.807, 2.05) is 5.10 Å². The number of nitrogens with one attached hydrogen (secondary N) is 2. The number of carbonyl (C=O) groups excluding carboxylic acids is 1. The molecule has 35 heavy (non-hydrogen) atoms. The molecule has 2 N–H and O–H groups in total. The van der Waals surface area contributed by atoms with Crippen LogP contribution < -0.4 is 5.56 Å². The molecule has 0 saturated carbocycles. The summed E-state index contributed by atoms with van der Waals surface area (Å²) in [5.74, 6) is 0.283. The quantitative estimate of drug-likeness (QED) is 0.625. The van der Waals surface area contributed by atoms with E-state index in [-0.39, 0.29) is 29.5 Å². The van der Waals surface area contributed by atoms with Crippen molar-refractivity contribution in [3.63, 3.8) is 0 Å². The van der Waals surface area contributed by atoms with Gasteiger partial charge in [-0.3, -0.25) is 15.0 Å². The molecule has 0 bridgehead atoms. The minimum absolute atomic E-state index is 0.0298. The molecule has 0 atom stereocenters. The molecule has 0 aromatic carbocycles. The zero-order valence-electron chi connectivity index (χ0n) is 20.0. The van der Waals surface area contributed by atoms with Crippen LogP contribution in [0.25, 0.3) is 5.82 Å². The predicted molar refractivity (Wildman–Crippen MR) is 121 cm³/mol. The zero-order valence-corrected chi connectivity index (χ0v) is 20.0. The van der Waals surface area contributed by atoms with Gasteiger partial charge in [-0.2, -0.15) is 23.0 Å². The Morgan fingerprint density at radius 3 is 2.51 bits per heavy atom. The van der Waals surface area contributed by atoms with E-state index in [0.717, 1.165) is 35.7 Å². The van der Waals surface area contributed by atoms with Crippen molar-refractivity contribution in [3.05, 3.63) is 33.4 Å². The molecule has 2 aliphatic rings. The summed E-state index contributed by atoms with van der Waals surface area (Å²) >= 11 is 0. The number of hydrogen-bond donors (Lipinski definition) is 2. The fourth-order valence-electron chi connectivity index (χ4n) is 4.81. The van der Waals surface area contributed by atoms with E-state index in [0.29, 0.717) is 57.0 Å². The van der Waals surface area contributed by atoms with E-state index in [4.69, 9.17) is 9.47 Å². The zero-order chi connectivity index (χ0) is 25.2. The molecule has 2 aliphatic heterocycles. The number of rotatable bonds is 6. The Bertz CT molecular complexity index is 1060. The molecule has 4 rings (SSSR count). The second-order valence-corrected chi connectivity index (χ2v) is 9.57. The largest absolute Gasteiger partial charge is 0.447 e. The topological polar surface area (TPSA) is 105 Å². The second kappa shape index (κ2) is 10.5. The molecule has 2 aromatic heterocycles. The minimum atomic E-state index is -4.59. The first-order chi connectivity index (χ1) is 16.6. The smallest absolute Gasteiger partial charge is 0.432 e. The van der Waals surface area contributed by atoms with Crippen LogP contribution >= 0.6 is 0 Å². The highest BCUT2D eigenvalue weighted by atomic mass is 19.4. The van der Waals surface area contributed by atoms with Crippen molar-refractivity contribution in [1.29, 1.82) is 0 Å². The van der Waals surface area contributed by atoms with Gasteiger partial charge >= 0.3 is 12.3 Å². The van der Waals surface area contributed by atoms with Crippen molar-refractivity contribution in [2.75, 3.05) is 26.3 Å². The summed E-state index contributed by atoms with van der Waals surface area (Å²) in [7, 11) is 0. The molecule has 2 saturated heterocycles. The van der Waals surface area contributed by atoms with Gasteiger partial charge in [-0.25, -0.2) is 4.79 Å². The number of halogens is 3. The Morgan fingerprint density at radius 1 is 1.23 bits per heavy atom. The van der Waals surface area contributed by atoms with E-state index in [2.05, 4.69) is 10.2 Å². The molecular formula is C23H32F3N5O4. The van der Waals surface area contributed by atoms with Gasteiger partial charge in [-0.05, 0) is 58.3 Å². The maximum atomic E-state index is 13.3. The molecule has 4 heterocycles. The minimum Gasteiger partial charge on any atom is -0.447 e. The number of alkyl halides is 3. The molecule has 0 unspecified atom stereocenters. The average molecular weight is 500 g/mol. The standard InChI is InChI=1S/C23H32F3N5O4/c1-14(2)35-22(33)30-9-5-16(6-10-30)20-17(4-3-15-7-11-34-12-8-15)21(32)31(29-20)19-13-18(27-28-19)23(24,25)26/h13-16,29H,3-12H2,1-2H3,(H,27,28). The van der Waals surface area contributed by atoms with Gasteiger partial charge in [0.25, 0.3) is 5.56 Å². The third kappa shape index (κ3) is 5.91. The summed E-state index contributed by atoms with van der Waals surface area (Å²) in [6.07, 6.45) is -0.743. The molecule has 12 heteroatoms. The van der Waals surface area contributed by atoms with E-state index < -0.39 is 11.9 Å². The van der Waals surface area contributed by atoms with Crippen molar-refractivity contribution in [3.8, 4) is 5.82 Å². The van der Waals surface area contributed by atoms with Crippen LogP contribution in [0.4, 0.5) is 18.0 Å². The first-order valence-corrected chi connectivity index (χ1v) is 12.1. The van der Waals surface area contributed by atoms with Gasteiger partial charge < -0.3 is 14.4 Å². The molecule has 2 aromatic rings. The van der Waals surface area contributed by atoms with Gasteiger partial charge in [-0.1, -0.05) is 0 Å². The number of carbonyl (C=O) groups is 1. The molecule has 0 spiro atoms. The molecule has 1 amide bonds. The monoisotopic (exact) mass is 499 g/mol. The number of nitrogens with zero attached hydrogens (tertiary/aromatic N) is 3. The Morgan fingerprint density at radius 2 is 1.91 bits per heavy atom. The number of ether oxygens (including phenoxy) is 2. The summed E-state index contributed by atoms with van der Waals surface area (Å²) in [5.41, 5.74) is -0.100. The average Bonchev–Trinajstić information content (AvgIpc) is 3.43. The van der Waals surface area contributed by atoms with Gasteiger partial charge in [0.1, 0.15) is 5.69 Å². The van der Waals surface area contributed by atoms with Gasteiger partial charge in [0, 0.05) is 49.5 Å². The summed E-state index contributed by atoms with van der Waals surface area (Å²) in [6.45, 7) is 5.94. The van der Waals surface area contributed by atoms with Crippen molar-refractivity contribution >= 4 is 6.09 Å². The number of aromatic nitrogens is 4. The van der Waals surface area contributed by atoms with Crippen LogP contribution in [0.5, 0.6) is 0 Å². The van der Waals surface area contributed by atoms with Crippen molar-refractivity contribution in [1.82, 2.24) is 24.9 Å². The molecule has 2 fully saturated rings. The summed E-state index contributed by atoms with van der Waals surface area (Å²) in [4.78, 5) is 27.2. The lowest BCUT2D eigenvalue weighted by atomic mass is 9.88. The van der Waals surface area contributed by atoms with Crippen LogP contribution in [-0.4, -0.2) is 63.4 Å². The predicted octanol–water partition coefficient (Wildman–Crippen LogP) is 3.99. The molecular weight excluding hydrogens is 467 g/mol. The number of aromatic amines is 2. The van der Waals surface area contributed by atoms with Crippen molar-refractivity contribution in [2.45, 2.75) is 70.6 Å². The van der Waals surface area contributed by atoms with Crippen LogP contribution in [0.15, 0.2) is 10.9 Å². The van der Waals surface area contributed by atoms with Crippen LogP contribution in [-0.2, 0) is 22.1 Å². The number of hydrogen-bond acceptors (Lipinski definition) is 5. The molecule has 9 nitrogen and oxygen atoms in total. The normalized spacial score (nSPS) is 18.4. The van der Waals surface area contributed by atoms with E-state index >= 15 is 0 Å². The summed E-state index contributed by atoms with van der Waals surface area (Å²) in [6, 6.07) is 0.828. The van der Waals surface area contributed by atoms with Crippen LogP contribution in [0, 0.1) is 5.92 Å². The Hall–Kier alpha value is -2.76. The Kier molecular flexibility index (Phi) is 7.58. The van der Waals surface area contributed by atoms with Crippen LogP contribution in [0.1, 0.15) is 68.8 Å².